The van der Waals surface area contributed by atoms with Crippen molar-refractivity contribution in [3.63, 3.8) is 0 Å². The molecule has 1 fully saturated rings. The number of esters is 3. The average Bonchev–Trinajstić information content (AvgIpc) is 3.63. The van der Waals surface area contributed by atoms with Crippen LogP contribution in [0, 0.1) is 0 Å². The van der Waals surface area contributed by atoms with Gasteiger partial charge in [-0.15, -0.1) is 0 Å². The van der Waals surface area contributed by atoms with Gasteiger partial charge >= 0.3 is 17.9 Å². The van der Waals surface area contributed by atoms with Gasteiger partial charge in [0.2, 0.25) is 0 Å². The first kappa shape index (κ1) is 46.4. The Morgan fingerprint density at radius 1 is 0.520 bits per heavy atom. The lowest BCUT2D eigenvalue weighted by Gasteiger charge is -2.23. The van der Waals surface area contributed by atoms with Crippen LogP contribution >= 0.6 is 0 Å². The topological polar surface area (TPSA) is 88.1 Å². The molecule has 1 aliphatic rings. The summed E-state index contributed by atoms with van der Waals surface area (Å²) in [5, 5.41) is 0. The molecule has 0 aromatic carbocycles. The highest BCUT2D eigenvalue weighted by molar-refractivity contribution is 5.70. The maximum atomic E-state index is 12.9. The summed E-state index contributed by atoms with van der Waals surface area (Å²) in [7, 11) is 0. The second-order valence-corrected chi connectivity index (χ2v) is 15.0. The molecule has 1 aliphatic heterocycles. The zero-order valence-electron chi connectivity index (χ0n) is 33.1. The van der Waals surface area contributed by atoms with E-state index in [9.17, 15) is 14.4 Å². The Hall–Kier alpha value is -1.63. The van der Waals surface area contributed by atoms with E-state index in [1.807, 2.05) is 0 Å². The Morgan fingerprint density at radius 3 is 1.38 bits per heavy atom. The van der Waals surface area contributed by atoms with Crippen LogP contribution in [0.2, 0.25) is 0 Å². The number of carbonyl (C=O) groups is 3. The number of ether oxygens (including phenoxy) is 4. The molecule has 0 aromatic rings. The number of hydrogen-bond donors (Lipinski definition) is 0. The van der Waals surface area contributed by atoms with E-state index in [0.717, 1.165) is 77.2 Å². The number of carbonyl (C=O) groups excluding carboxylic acids is 3. The fourth-order valence-electron chi connectivity index (χ4n) is 6.88. The fraction of sp³-hybridized carbons (Fsp3) is 0.930. The van der Waals surface area contributed by atoms with Gasteiger partial charge in [0.15, 0.2) is 0 Å². The molecule has 1 rings (SSSR count). The molecule has 0 unspecified atom stereocenters. The first-order valence-corrected chi connectivity index (χ1v) is 21.6. The highest BCUT2D eigenvalue weighted by atomic mass is 16.6. The smallest absolute Gasteiger partial charge is 0.306 e. The molecular weight excluding hydrogens is 628 g/mol. The summed E-state index contributed by atoms with van der Waals surface area (Å²) in [6.07, 6.45) is 32.0. The third-order valence-electron chi connectivity index (χ3n) is 10.1. The van der Waals surface area contributed by atoms with Crippen molar-refractivity contribution < 1.29 is 33.3 Å². The van der Waals surface area contributed by atoms with Crippen molar-refractivity contribution in [1.29, 1.82) is 0 Å². The molecule has 7 nitrogen and oxygen atoms in total. The van der Waals surface area contributed by atoms with Crippen molar-refractivity contribution in [1.82, 2.24) is 0 Å². The Labute approximate surface area is 308 Å². The van der Waals surface area contributed by atoms with Gasteiger partial charge in [-0.3, -0.25) is 14.4 Å². The molecule has 0 radical (unpaired) electrons. The molecule has 3 atom stereocenters. The van der Waals surface area contributed by atoms with Crippen molar-refractivity contribution in [2.75, 3.05) is 13.2 Å². The monoisotopic (exact) mass is 709 g/mol. The summed E-state index contributed by atoms with van der Waals surface area (Å²) in [6, 6.07) is 0. The van der Waals surface area contributed by atoms with Gasteiger partial charge in [0, 0.05) is 25.9 Å². The molecule has 0 aliphatic carbocycles. The SMILES string of the molecule is CCCCCCCCCC(=O)OCCC[C@@H](CC[C@@H](CC[C@@H]1CCCO1)OC(=O)CCCCCCCCC)OC(=O)CCCCCCCCC. The van der Waals surface area contributed by atoms with E-state index in [-0.39, 0.29) is 36.2 Å². The van der Waals surface area contributed by atoms with E-state index in [1.165, 1.54) is 89.9 Å². The molecule has 7 heteroatoms. The normalized spacial score (nSPS) is 15.5. The lowest BCUT2D eigenvalue weighted by molar-refractivity contribution is -0.154. The van der Waals surface area contributed by atoms with Crippen molar-refractivity contribution in [3.05, 3.63) is 0 Å². The zero-order valence-corrected chi connectivity index (χ0v) is 33.1. The van der Waals surface area contributed by atoms with Crippen molar-refractivity contribution in [3.8, 4) is 0 Å². The van der Waals surface area contributed by atoms with Crippen LogP contribution in [0.25, 0.3) is 0 Å². The molecule has 294 valence electrons. The number of hydrogen-bond acceptors (Lipinski definition) is 7. The largest absolute Gasteiger partial charge is 0.466 e. The molecule has 0 N–H and O–H groups in total. The lowest BCUT2D eigenvalue weighted by atomic mass is 10.0. The van der Waals surface area contributed by atoms with Crippen LogP contribution in [0.15, 0.2) is 0 Å². The molecule has 0 aromatic heterocycles. The minimum atomic E-state index is -0.277. The summed E-state index contributed by atoms with van der Waals surface area (Å²) < 4.78 is 23.5. The molecule has 0 saturated carbocycles. The van der Waals surface area contributed by atoms with Crippen LogP contribution in [0.1, 0.15) is 226 Å². The summed E-state index contributed by atoms with van der Waals surface area (Å²) >= 11 is 0. The molecule has 0 bridgehead atoms. The summed E-state index contributed by atoms with van der Waals surface area (Å²) in [6.45, 7) is 7.83. The highest BCUT2D eigenvalue weighted by Crippen LogP contribution is 2.23. The van der Waals surface area contributed by atoms with Gasteiger partial charge in [-0.2, -0.15) is 0 Å². The predicted molar refractivity (Wildman–Crippen MR) is 205 cm³/mol. The lowest BCUT2D eigenvalue weighted by Crippen LogP contribution is -2.25. The molecular formula is C43H80O7. The van der Waals surface area contributed by atoms with E-state index in [0.29, 0.717) is 51.6 Å². The second-order valence-electron chi connectivity index (χ2n) is 15.0. The van der Waals surface area contributed by atoms with Crippen LogP contribution in [-0.4, -0.2) is 49.4 Å². The first-order valence-electron chi connectivity index (χ1n) is 21.6. The molecule has 50 heavy (non-hydrogen) atoms. The molecule has 0 amide bonds. The van der Waals surface area contributed by atoms with Gasteiger partial charge in [-0.05, 0) is 70.6 Å². The standard InChI is InChI=1S/C43H80O7/c1-4-7-10-13-16-19-22-29-41(44)48-37-26-28-39(49-42(45)30-23-20-17-14-11-8-5-2)34-35-40(33-32-38-27-25-36-47-38)50-43(46)31-24-21-18-15-12-9-6-3/h38-40H,4-37H2,1-3H3/t38-,39-,40+/m0/s1. The Balaban J connectivity index is 2.60. The second kappa shape index (κ2) is 34.5. The van der Waals surface area contributed by atoms with Crippen LogP contribution < -0.4 is 0 Å². The predicted octanol–water partition coefficient (Wildman–Crippen LogP) is 12.3. The third kappa shape index (κ3) is 29.0. The van der Waals surface area contributed by atoms with Gasteiger partial charge in [-0.1, -0.05) is 136 Å². The quantitative estimate of drug-likeness (QED) is 0.0363. The van der Waals surface area contributed by atoms with Gasteiger partial charge in [-0.25, -0.2) is 0 Å². The minimum Gasteiger partial charge on any atom is -0.466 e. The Bertz CT molecular complexity index is 794. The van der Waals surface area contributed by atoms with E-state index in [2.05, 4.69) is 20.8 Å². The van der Waals surface area contributed by atoms with Crippen LogP contribution in [-0.2, 0) is 33.3 Å². The zero-order chi connectivity index (χ0) is 36.3. The summed E-state index contributed by atoms with van der Waals surface area (Å²) in [5.74, 6) is -0.393. The van der Waals surface area contributed by atoms with E-state index in [4.69, 9.17) is 18.9 Å². The number of unbranched alkanes of at least 4 members (excludes halogenated alkanes) is 18. The van der Waals surface area contributed by atoms with Crippen molar-refractivity contribution in [2.45, 2.75) is 245 Å². The Morgan fingerprint density at radius 2 is 0.940 bits per heavy atom. The van der Waals surface area contributed by atoms with Crippen LogP contribution in [0.5, 0.6) is 0 Å². The molecule has 1 saturated heterocycles. The molecule has 1 heterocycles. The van der Waals surface area contributed by atoms with Gasteiger partial charge in [0.25, 0.3) is 0 Å². The molecule has 0 spiro atoms. The van der Waals surface area contributed by atoms with Crippen LogP contribution in [0.4, 0.5) is 0 Å². The van der Waals surface area contributed by atoms with E-state index in [1.54, 1.807) is 0 Å². The van der Waals surface area contributed by atoms with Gasteiger partial charge in [0.05, 0.1) is 12.7 Å². The first-order chi connectivity index (χ1) is 24.5. The average molecular weight is 709 g/mol. The fourth-order valence-corrected chi connectivity index (χ4v) is 6.88. The Kier molecular flexibility index (Phi) is 32.0. The maximum absolute atomic E-state index is 12.9. The minimum absolute atomic E-state index is 0.115. The van der Waals surface area contributed by atoms with Crippen LogP contribution in [0.3, 0.4) is 0 Å². The van der Waals surface area contributed by atoms with E-state index < -0.39 is 0 Å². The number of rotatable bonds is 36. The van der Waals surface area contributed by atoms with Gasteiger partial charge < -0.3 is 18.9 Å². The summed E-state index contributed by atoms with van der Waals surface area (Å²) in [5.41, 5.74) is 0. The summed E-state index contributed by atoms with van der Waals surface area (Å²) in [4.78, 5) is 38.1. The van der Waals surface area contributed by atoms with E-state index >= 15 is 0 Å². The van der Waals surface area contributed by atoms with Gasteiger partial charge in [0.1, 0.15) is 12.2 Å². The van der Waals surface area contributed by atoms with Crippen molar-refractivity contribution in [2.24, 2.45) is 0 Å². The highest BCUT2D eigenvalue weighted by Gasteiger charge is 2.23. The van der Waals surface area contributed by atoms with Crippen molar-refractivity contribution >= 4 is 17.9 Å². The maximum Gasteiger partial charge on any atom is 0.306 e. The third-order valence-corrected chi connectivity index (χ3v) is 10.1.